The summed E-state index contributed by atoms with van der Waals surface area (Å²) in [7, 11) is 0. The Bertz CT molecular complexity index is 1030. The molecule has 0 saturated carbocycles. The summed E-state index contributed by atoms with van der Waals surface area (Å²) in [5, 5.41) is 5.43. The molecule has 0 aliphatic rings. The van der Waals surface area contributed by atoms with Crippen molar-refractivity contribution in [1.82, 2.24) is 10.2 Å². The first kappa shape index (κ1) is 23.5. The van der Waals surface area contributed by atoms with Crippen molar-refractivity contribution < 1.29 is 9.59 Å². The van der Waals surface area contributed by atoms with Gasteiger partial charge in [-0.05, 0) is 48.1 Å². The summed E-state index contributed by atoms with van der Waals surface area (Å²) in [4.78, 5) is 28.2. The summed E-state index contributed by atoms with van der Waals surface area (Å²) in [5.74, 6) is -0.0655. The van der Waals surface area contributed by atoms with Crippen LogP contribution in [-0.2, 0) is 22.6 Å². The molecule has 0 bridgehead atoms. The summed E-state index contributed by atoms with van der Waals surface area (Å²) in [6.45, 7) is 6.44. The summed E-state index contributed by atoms with van der Waals surface area (Å²) in [6.07, 6.45) is 2.45. The summed E-state index contributed by atoms with van der Waals surface area (Å²) in [6, 6.07) is 24.0. The van der Waals surface area contributed by atoms with Gasteiger partial charge in [-0.2, -0.15) is 0 Å². The van der Waals surface area contributed by atoms with Gasteiger partial charge in [0, 0.05) is 19.0 Å². The van der Waals surface area contributed by atoms with E-state index in [0.717, 1.165) is 17.5 Å². The molecule has 3 aromatic rings. The molecule has 0 heterocycles. The Morgan fingerprint density at radius 1 is 0.875 bits per heavy atom. The van der Waals surface area contributed by atoms with Gasteiger partial charge in [-0.25, -0.2) is 0 Å². The molecule has 0 fully saturated rings. The minimum Gasteiger partial charge on any atom is -0.352 e. The monoisotopic (exact) mass is 430 g/mol. The van der Waals surface area contributed by atoms with Crippen molar-refractivity contribution in [3.63, 3.8) is 0 Å². The maximum atomic E-state index is 13.5. The average Bonchev–Trinajstić information content (AvgIpc) is 2.82. The smallest absolute Gasteiger partial charge is 0.243 e. The highest BCUT2D eigenvalue weighted by molar-refractivity contribution is 5.89. The predicted octanol–water partition coefficient (Wildman–Crippen LogP) is 5.49. The first-order chi connectivity index (χ1) is 15.5. The Hall–Kier alpha value is -3.14. The Morgan fingerprint density at radius 3 is 2.28 bits per heavy atom. The third kappa shape index (κ3) is 5.97. The number of hydrogen-bond donors (Lipinski definition) is 1. The Morgan fingerprint density at radius 2 is 1.56 bits per heavy atom. The molecule has 2 amide bonds. The average molecular weight is 431 g/mol. The van der Waals surface area contributed by atoms with E-state index >= 15 is 0 Å². The van der Waals surface area contributed by atoms with E-state index in [4.69, 9.17) is 0 Å². The van der Waals surface area contributed by atoms with Crippen LogP contribution in [0.5, 0.6) is 0 Å². The molecule has 3 aromatic carbocycles. The SMILES string of the molecule is CC[C@@H](C)NC(=O)[C@H](CC)N(Cc1ccccc1)C(=O)CCc1cccc2ccccc12. The highest BCUT2D eigenvalue weighted by Crippen LogP contribution is 2.21. The third-order valence-corrected chi connectivity index (χ3v) is 6.07. The van der Waals surface area contributed by atoms with Crippen molar-refractivity contribution in [2.24, 2.45) is 0 Å². The number of aryl methyl sites for hydroxylation is 1. The van der Waals surface area contributed by atoms with Gasteiger partial charge in [-0.15, -0.1) is 0 Å². The normalized spacial score (nSPS) is 12.8. The van der Waals surface area contributed by atoms with Crippen LogP contribution in [-0.4, -0.2) is 28.8 Å². The van der Waals surface area contributed by atoms with Crippen molar-refractivity contribution in [1.29, 1.82) is 0 Å². The number of fused-ring (bicyclic) bond motifs is 1. The van der Waals surface area contributed by atoms with Gasteiger partial charge in [0.05, 0.1) is 0 Å². The molecular formula is C28H34N2O2. The van der Waals surface area contributed by atoms with Crippen LogP contribution in [0.4, 0.5) is 0 Å². The third-order valence-electron chi connectivity index (χ3n) is 6.07. The molecule has 0 aliphatic carbocycles. The van der Waals surface area contributed by atoms with E-state index in [2.05, 4.69) is 29.6 Å². The standard InChI is InChI=1S/C28H34N2O2/c1-4-21(3)29-28(32)26(5-2)30(20-22-12-7-6-8-13-22)27(31)19-18-24-16-11-15-23-14-9-10-17-25(23)24/h6-17,21,26H,4-5,18-20H2,1-3H3,(H,29,32)/t21-,26+/m1/s1. The molecule has 4 nitrogen and oxygen atoms in total. The molecule has 0 spiro atoms. The van der Waals surface area contributed by atoms with E-state index in [1.807, 2.05) is 69.3 Å². The first-order valence-electron chi connectivity index (χ1n) is 11.6. The molecular weight excluding hydrogens is 396 g/mol. The van der Waals surface area contributed by atoms with E-state index in [-0.39, 0.29) is 17.9 Å². The number of nitrogens with one attached hydrogen (secondary N) is 1. The fourth-order valence-corrected chi connectivity index (χ4v) is 4.04. The Kier molecular flexibility index (Phi) is 8.43. The van der Waals surface area contributed by atoms with E-state index in [9.17, 15) is 9.59 Å². The fourth-order valence-electron chi connectivity index (χ4n) is 4.04. The van der Waals surface area contributed by atoms with Gasteiger partial charge in [0.1, 0.15) is 6.04 Å². The van der Waals surface area contributed by atoms with Gasteiger partial charge in [0.2, 0.25) is 11.8 Å². The van der Waals surface area contributed by atoms with Crippen LogP contribution < -0.4 is 5.32 Å². The molecule has 0 aromatic heterocycles. The van der Waals surface area contributed by atoms with Crippen LogP contribution in [0.25, 0.3) is 10.8 Å². The number of hydrogen-bond acceptors (Lipinski definition) is 2. The lowest BCUT2D eigenvalue weighted by Crippen LogP contribution is -2.50. The van der Waals surface area contributed by atoms with Crippen molar-refractivity contribution in [2.75, 3.05) is 0 Å². The van der Waals surface area contributed by atoms with Crippen molar-refractivity contribution in [2.45, 2.75) is 65.1 Å². The second kappa shape index (κ2) is 11.5. The maximum Gasteiger partial charge on any atom is 0.243 e. The van der Waals surface area contributed by atoms with Crippen molar-refractivity contribution >= 4 is 22.6 Å². The minimum absolute atomic E-state index is 0.00735. The lowest BCUT2D eigenvalue weighted by molar-refractivity contribution is -0.141. The van der Waals surface area contributed by atoms with Gasteiger partial charge in [0.15, 0.2) is 0 Å². The van der Waals surface area contributed by atoms with E-state index < -0.39 is 6.04 Å². The number of carbonyl (C=O) groups is 2. The maximum absolute atomic E-state index is 13.5. The number of carbonyl (C=O) groups excluding carboxylic acids is 2. The molecule has 3 rings (SSSR count). The fraction of sp³-hybridized carbons (Fsp3) is 0.357. The van der Waals surface area contributed by atoms with Crippen LogP contribution in [0.15, 0.2) is 72.8 Å². The van der Waals surface area contributed by atoms with Gasteiger partial charge in [-0.1, -0.05) is 86.6 Å². The molecule has 0 aliphatic heterocycles. The van der Waals surface area contributed by atoms with E-state index in [1.165, 1.54) is 10.8 Å². The topological polar surface area (TPSA) is 49.4 Å². The van der Waals surface area contributed by atoms with E-state index in [0.29, 0.717) is 25.8 Å². The summed E-state index contributed by atoms with van der Waals surface area (Å²) in [5.41, 5.74) is 2.19. The first-order valence-corrected chi connectivity index (χ1v) is 11.6. The number of nitrogens with zero attached hydrogens (tertiary/aromatic N) is 1. The highest BCUT2D eigenvalue weighted by atomic mass is 16.2. The molecule has 32 heavy (non-hydrogen) atoms. The molecule has 0 radical (unpaired) electrons. The van der Waals surface area contributed by atoms with E-state index in [1.54, 1.807) is 4.90 Å². The highest BCUT2D eigenvalue weighted by Gasteiger charge is 2.29. The molecule has 0 unspecified atom stereocenters. The van der Waals surface area contributed by atoms with Crippen LogP contribution >= 0.6 is 0 Å². The zero-order valence-electron chi connectivity index (χ0n) is 19.4. The number of rotatable bonds is 10. The zero-order chi connectivity index (χ0) is 22.9. The Labute approximate surface area is 191 Å². The second-order valence-corrected chi connectivity index (χ2v) is 8.39. The quantitative estimate of drug-likeness (QED) is 0.462. The zero-order valence-corrected chi connectivity index (χ0v) is 19.4. The molecule has 168 valence electrons. The van der Waals surface area contributed by atoms with Gasteiger partial charge >= 0.3 is 0 Å². The number of amides is 2. The molecule has 0 saturated heterocycles. The predicted molar refractivity (Wildman–Crippen MR) is 131 cm³/mol. The largest absolute Gasteiger partial charge is 0.352 e. The summed E-state index contributed by atoms with van der Waals surface area (Å²) < 4.78 is 0. The molecule has 4 heteroatoms. The van der Waals surface area contributed by atoms with Crippen LogP contribution in [0, 0.1) is 0 Å². The van der Waals surface area contributed by atoms with Gasteiger partial charge in [-0.3, -0.25) is 9.59 Å². The minimum atomic E-state index is -0.482. The molecule has 1 N–H and O–H groups in total. The van der Waals surface area contributed by atoms with Crippen molar-refractivity contribution in [3.8, 4) is 0 Å². The summed E-state index contributed by atoms with van der Waals surface area (Å²) >= 11 is 0. The lowest BCUT2D eigenvalue weighted by atomic mass is 10.00. The Balaban J connectivity index is 1.81. The van der Waals surface area contributed by atoms with Crippen LogP contribution in [0.2, 0.25) is 0 Å². The van der Waals surface area contributed by atoms with Gasteiger partial charge in [0.25, 0.3) is 0 Å². The molecule has 2 atom stereocenters. The van der Waals surface area contributed by atoms with Gasteiger partial charge < -0.3 is 10.2 Å². The second-order valence-electron chi connectivity index (χ2n) is 8.39. The lowest BCUT2D eigenvalue weighted by Gasteiger charge is -2.31. The van der Waals surface area contributed by atoms with Crippen LogP contribution in [0.3, 0.4) is 0 Å². The number of benzene rings is 3. The van der Waals surface area contributed by atoms with Crippen molar-refractivity contribution in [3.05, 3.63) is 83.9 Å². The van der Waals surface area contributed by atoms with Crippen LogP contribution in [0.1, 0.15) is 51.2 Å².